The molecule has 150 valence electrons. The number of anilines is 2. The molecule has 0 radical (unpaired) electrons. The molecule has 29 heavy (non-hydrogen) atoms. The Hall–Kier alpha value is -2.32. The van der Waals surface area contributed by atoms with Crippen LogP contribution in [0.5, 0.6) is 0 Å². The first-order valence-corrected chi connectivity index (χ1v) is 11.7. The number of thiazole rings is 2. The number of rotatable bonds is 4. The number of fused-ring (bicyclic) bond motifs is 2. The minimum Gasteiger partial charge on any atom is -0.333 e. The quantitative estimate of drug-likeness (QED) is 0.624. The van der Waals surface area contributed by atoms with Crippen molar-refractivity contribution >= 4 is 39.5 Å². The van der Waals surface area contributed by atoms with E-state index >= 15 is 0 Å². The molecule has 0 aromatic carbocycles. The highest BCUT2D eigenvalue weighted by Crippen LogP contribution is 2.37. The van der Waals surface area contributed by atoms with Crippen LogP contribution in [0.2, 0.25) is 0 Å². The molecule has 2 fully saturated rings. The number of carbonyl (C=O) groups is 1. The molecule has 5 heterocycles. The van der Waals surface area contributed by atoms with Crippen LogP contribution < -0.4 is 5.32 Å². The molecule has 2 bridgehead atoms. The molecular formula is C21H23N5OS2. The molecule has 2 aliphatic rings. The normalized spacial score (nSPS) is 20.8. The van der Waals surface area contributed by atoms with Gasteiger partial charge in [0.05, 0.1) is 26.8 Å². The first kappa shape index (κ1) is 18.7. The Morgan fingerprint density at radius 2 is 1.93 bits per heavy atom. The number of nitrogens with zero attached hydrogens (tertiary/aromatic N) is 4. The van der Waals surface area contributed by atoms with E-state index in [0.717, 1.165) is 52.1 Å². The molecule has 0 spiro atoms. The van der Waals surface area contributed by atoms with Crippen molar-refractivity contribution in [3.05, 3.63) is 40.0 Å². The van der Waals surface area contributed by atoms with E-state index in [-0.39, 0.29) is 5.91 Å². The third-order valence-electron chi connectivity index (χ3n) is 5.81. The zero-order valence-electron chi connectivity index (χ0n) is 16.5. The number of amides is 1. The highest BCUT2D eigenvalue weighted by atomic mass is 32.1. The SMILES string of the molecule is Cc1nc(C)c(-c2csc(Nc3ccc(C(=O)N4[C@@H]5CCC[C@H]4CC5)cn3)n2)s1. The second-order valence-electron chi connectivity index (χ2n) is 7.77. The van der Waals surface area contributed by atoms with Crippen molar-refractivity contribution in [1.29, 1.82) is 0 Å². The Balaban J connectivity index is 1.29. The lowest BCUT2D eigenvalue weighted by molar-refractivity contribution is 0.0595. The molecular weight excluding hydrogens is 402 g/mol. The van der Waals surface area contributed by atoms with Gasteiger partial charge in [-0.25, -0.2) is 15.0 Å². The summed E-state index contributed by atoms with van der Waals surface area (Å²) in [5.74, 6) is 0.824. The van der Waals surface area contributed by atoms with Gasteiger partial charge in [0.2, 0.25) is 0 Å². The zero-order chi connectivity index (χ0) is 20.0. The van der Waals surface area contributed by atoms with Crippen LogP contribution in [-0.2, 0) is 0 Å². The van der Waals surface area contributed by atoms with E-state index in [1.165, 1.54) is 6.42 Å². The monoisotopic (exact) mass is 425 g/mol. The summed E-state index contributed by atoms with van der Waals surface area (Å²) in [4.78, 5) is 29.8. The second-order valence-corrected chi connectivity index (χ2v) is 9.83. The van der Waals surface area contributed by atoms with Crippen LogP contribution in [0.3, 0.4) is 0 Å². The molecule has 3 aromatic heterocycles. The largest absolute Gasteiger partial charge is 0.333 e. The molecule has 0 unspecified atom stereocenters. The Bertz CT molecular complexity index is 1030. The topological polar surface area (TPSA) is 71.0 Å². The van der Waals surface area contributed by atoms with E-state index in [4.69, 9.17) is 0 Å². The maximum atomic E-state index is 13.0. The summed E-state index contributed by atoms with van der Waals surface area (Å²) in [6, 6.07) is 4.58. The van der Waals surface area contributed by atoms with Crippen LogP contribution in [0.25, 0.3) is 10.6 Å². The van der Waals surface area contributed by atoms with Crippen molar-refractivity contribution < 1.29 is 4.79 Å². The smallest absolute Gasteiger partial charge is 0.255 e. The summed E-state index contributed by atoms with van der Waals surface area (Å²) < 4.78 is 0. The van der Waals surface area contributed by atoms with E-state index in [0.29, 0.717) is 23.5 Å². The van der Waals surface area contributed by atoms with Gasteiger partial charge in [0.25, 0.3) is 5.91 Å². The highest BCUT2D eigenvalue weighted by molar-refractivity contribution is 7.16. The molecule has 2 saturated heterocycles. The van der Waals surface area contributed by atoms with Crippen molar-refractivity contribution in [3.63, 3.8) is 0 Å². The fourth-order valence-corrected chi connectivity index (χ4v) is 6.17. The van der Waals surface area contributed by atoms with E-state index < -0.39 is 0 Å². The third kappa shape index (κ3) is 3.55. The molecule has 5 rings (SSSR count). The van der Waals surface area contributed by atoms with Crippen molar-refractivity contribution in [2.75, 3.05) is 5.32 Å². The minimum absolute atomic E-state index is 0.129. The van der Waals surface area contributed by atoms with E-state index in [2.05, 4.69) is 25.2 Å². The maximum Gasteiger partial charge on any atom is 0.255 e. The van der Waals surface area contributed by atoms with Gasteiger partial charge in [-0.1, -0.05) is 0 Å². The van der Waals surface area contributed by atoms with Gasteiger partial charge < -0.3 is 10.2 Å². The lowest BCUT2D eigenvalue weighted by Crippen LogP contribution is -2.44. The van der Waals surface area contributed by atoms with Gasteiger partial charge >= 0.3 is 0 Å². The fraction of sp³-hybridized carbons (Fsp3) is 0.429. The molecule has 2 atom stereocenters. The summed E-state index contributed by atoms with van der Waals surface area (Å²) in [6.45, 7) is 4.02. The Kier molecular flexibility index (Phi) is 4.83. The average molecular weight is 426 g/mol. The van der Waals surface area contributed by atoms with Gasteiger partial charge in [-0.05, 0) is 58.1 Å². The molecule has 8 heteroatoms. The Morgan fingerprint density at radius 1 is 1.14 bits per heavy atom. The summed E-state index contributed by atoms with van der Waals surface area (Å²) in [5, 5.41) is 7.11. The summed E-state index contributed by atoms with van der Waals surface area (Å²) in [5.41, 5.74) is 2.62. The maximum absolute atomic E-state index is 13.0. The predicted octanol–water partition coefficient (Wildman–Crippen LogP) is 5.18. The van der Waals surface area contributed by atoms with Crippen LogP contribution in [0, 0.1) is 13.8 Å². The van der Waals surface area contributed by atoms with Crippen molar-refractivity contribution in [3.8, 4) is 10.6 Å². The summed E-state index contributed by atoms with van der Waals surface area (Å²) in [7, 11) is 0. The molecule has 0 saturated carbocycles. The van der Waals surface area contributed by atoms with Crippen molar-refractivity contribution in [2.24, 2.45) is 0 Å². The summed E-state index contributed by atoms with van der Waals surface area (Å²) >= 11 is 3.20. The van der Waals surface area contributed by atoms with Gasteiger partial charge in [0, 0.05) is 23.7 Å². The number of hydrogen-bond donors (Lipinski definition) is 1. The summed E-state index contributed by atoms with van der Waals surface area (Å²) in [6.07, 6.45) is 7.50. The molecule has 1 amide bonds. The standard InChI is InChI=1S/C21H23N5OS2/c1-12-19(29-13(2)23-12)17-11-28-21(24-17)25-18-9-6-14(10-22-18)20(27)26-15-4-3-5-16(26)8-7-15/h6,9-11,15-16H,3-5,7-8H2,1-2H3,(H,22,24,25)/t15-,16+. The average Bonchev–Trinajstić information content (AvgIpc) is 3.37. The van der Waals surface area contributed by atoms with E-state index in [1.54, 1.807) is 28.9 Å². The highest BCUT2D eigenvalue weighted by Gasteiger charge is 2.39. The Morgan fingerprint density at radius 3 is 2.59 bits per heavy atom. The second kappa shape index (κ2) is 7.50. The predicted molar refractivity (Wildman–Crippen MR) is 117 cm³/mol. The molecule has 6 nitrogen and oxygen atoms in total. The number of hydrogen-bond acceptors (Lipinski definition) is 7. The number of aryl methyl sites for hydroxylation is 2. The van der Waals surface area contributed by atoms with E-state index in [1.807, 2.05) is 31.4 Å². The zero-order valence-corrected chi connectivity index (χ0v) is 18.1. The molecule has 2 aliphatic heterocycles. The number of pyridine rings is 1. The number of carbonyl (C=O) groups excluding carboxylic acids is 1. The molecule has 0 aliphatic carbocycles. The van der Waals surface area contributed by atoms with Crippen LogP contribution >= 0.6 is 22.7 Å². The first-order valence-electron chi connectivity index (χ1n) is 10.0. The third-order valence-corrected chi connectivity index (χ3v) is 7.67. The molecule has 1 N–H and O–H groups in total. The minimum atomic E-state index is 0.129. The molecule has 3 aromatic rings. The van der Waals surface area contributed by atoms with Crippen molar-refractivity contribution in [2.45, 2.75) is 58.0 Å². The Labute approximate surface area is 178 Å². The van der Waals surface area contributed by atoms with Crippen LogP contribution in [0.4, 0.5) is 10.9 Å². The van der Waals surface area contributed by atoms with Gasteiger partial charge in [-0.3, -0.25) is 4.79 Å². The number of piperidine rings is 1. The van der Waals surface area contributed by atoms with Gasteiger partial charge in [0.15, 0.2) is 5.13 Å². The van der Waals surface area contributed by atoms with Crippen LogP contribution in [-0.4, -0.2) is 37.8 Å². The van der Waals surface area contributed by atoms with E-state index in [9.17, 15) is 4.79 Å². The van der Waals surface area contributed by atoms with Crippen LogP contribution in [0.15, 0.2) is 23.7 Å². The van der Waals surface area contributed by atoms with Gasteiger partial charge in [-0.2, -0.15) is 0 Å². The lowest BCUT2D eigenvalue weighted by atomic mass is 10.0. The van der Waals surface area contributed by atoms with Crippen LogP contribution in [0.1, 0.15) is 53.2 Å². The first-order chi connectivity index (χ1) is 14.1. The lowest BCUT2D eigenvalue weighted by Gasteiger charge is -2.34. The number of aromatic nitrogens is 3. The van der Waals surface area contributed by atoms with Crippen molar-refractivity contribution in [1.82, 2.24) is 19.9 Å². The number of nitrogens with one attached hydrogen (secondary N) is 1. The van der Waals surface area contributed by atoms with Gasteiger partial charge in [0.1, 0.15) is 5.82 Å². The fourth-order valence-electron chi connectivity index (χ4n) is 4.51. The van der Waals surface area contributed by atoms with Gasteiger partial charge in [-0.15, -0.1) is 22.7 Å².